The van der Waals surface area contributed by atoms with E-state index in [9.17, 15) is 13.2 Å². The van der Waals surface area contributed by atoms with Crippen molar-refractivity contribution in [3.8, 4) is 0 Å². The lowest BCUT2D eigenvalue weighted by Crippen LogP contribution is -2.11. The number of fused-ring (bicyclic) bond motifs is 1. The van der Waals surface area contributed by atoms with E-state index in [1.807, 2.05) is 18.2 Å². The molecule has 2 aromatic rings. The fourth-order valence-corrected chi connectivity index (χ4v) is 1.66. The lowest BCUT2D eigenvalue weighted by Gasteiger charge is -2.09. The average Bonchev–Trinajstić information content (AvgIpc) is 2.16. The Labute approximate surface area is 92.7 Å². The van der Waals surface area contributed by atoms with Gasteiger partial charge in [0.25, 0.3) is 0 Å². The summed E-state index contributed by atoms with van der Waals surface area (Å²) in [5, 5.41) is 1.52. The molecule has 0 N–H and O–H groups in total. The largest absolute Gasteiger partial charge is 0.393 e. The first-order valence-corrected chi connectivity index (χ1v) is 4.60. The zero-order valence-corrected chi connectivity index (χ0v) is 7.88. The lowest BCUT2D eigenvalue weighted by molar-refractivity contribution is -0.126. The van der Waals surface area contributed by atoms with Gasteiger partial charge in [-0.2, -0.15) is 13.2 Å². The van der Waals surface area contributed by atoms with E-state index in [1.165, 1.54) is 6.07 Å². The van der Waals surface area contributed by atoms with Crippen molar-refractivity contribution >= 4 is 10.8 Å². The van der Waals surface area contributed by atoms with Crippen molar-refractivity contribution in [2.45, 2.75) is 20.0 Å². The molecule has 2 rings (SSSR count). The second-order valence-electron chi connectivity index (χ2n) is 3.43. The van der Waals surface area contributed by atoms with E-state index in [0.717, 1.165) is 5.39 Å². The molecule has 2 aromatic carbocycles. The SMILES string of the molecule is C.FC(F)(F)Cc1cccc2ccccc12. The van der Waals surface area contributed by atoms with Gasteiger partial charge in [0.1, 0.15) is 0 Å². The molecule has 0 bridgehead atoms. The minimum Gasteiger partial charge on any atom is -0.171 e. The Balaban J connectivity index is 0.00000128. The normalized spacial score (nSPS) is 11.2. The Hall–Kier alpha value is -1.51. The average molecular weight is 226 g/mol. The van der Waals surface area contributed by atoms with Crippen LogP contribution in [-0.4, -0.2) is 6.18 Å². The molecule has 0 saturated carbocycles. The van der Waals surface area contributed by atoms with Gasteiger partial charge in [-0.25, -0.2) is 0 Å². The summed E-state index contributed by atoms with van der Waals surface area (Å²) in [6.45, 7) is 0. The molecule has 0 atom stereocenters. The van der Waals surface area contributed by atoms with Crippen molar-refractivity contribution in [3.63, 3.8) is 0 Å². The molecule has 0 saturated heterocycles. The molecule has 0 amide bonds. The third-order valence-electron chi connectivity index (χ3n) is 2.27. The zero-order valence-electron chi connectivity index (χ0n) is 7.88. The fourth-order valence-electron chi connectivity index (χ4n) is 1.66. The summed E-state index contributed by atoms with van der Waals surface area (Å²) in [6.07, 6.45) is -5.02. The standard InChI is InChI=1S/C12H9F3.CH4/c13-12(14,15)8-10-6-3-5-9-4-1-2-7-11(9)10;/h1-7H,8H2;1H4. The van der Waals surface area contributed by atoms with Gasteiger partial charge in [0, 0.05) is 0 Å². The minimum atomic E-state index is -4.15. The molecule has 0 aliphatic heterocycles. The second-order valence-corrected chi connectivity index (χ2v) is 3.43. The summed E-state index contributed by atoms with van der Waals surface area (Å²) in [6, 6.07) is 12.1. The molecule has 0 heterocycles. The monoisotopic (exact) mass is 226 g/mol. The van der Waals surface area contributed by atoms with E-state index < -0.39 is 12.6 Å². The summed E-state index contributed by atoms with van der Waals surface area (Å²) < 4.78 is 36.8. The van der Waals surface area contributed by atoms with E-state index >= 15 is 0 Å². The highest BCUT2D eigenvalue weighted by molar-refractivity contribution is 5.85. The van der Waals surface area contributed by atoms with Gasteiger partial charge in [0.15, 0.2) is 0 Å². The Morgan fingerprint density at radius 3 is 2.19 bits per heavy atom. The first-order valence-electron chi connectivity index (χ1n) is 4.60. The molecule has 0 aromatic heterocycles. The van der Waals surface area contributed by atoms with Gasteiger partial charge in [-0.05, 0) is 16.3 Å². The lowest BCUT2D eigenvalue weighted by atomic mass is 10.0. The van der Waals surface area contributed by atoms with Crippen LogP contribution in [0.25, 0.3) is 10.8 Å². The van der Waals surface area contributed by atoms with Crippen molar-refractivity contribution in [1.82, 2.24) is 0 Å². The van der Waals surface area contributed by atoms with Crippen LogP contribution in [0.2, 0.25) is 0 Å². The number of benzene rings is 2. The zero-order chi connectivity index (χ0) is 10.9. The molecular formula is C13H13F3. The molecule has 16 heavy (non-hydrogen) atoms. The van der Waals surface area contributed by atoms with Crippen molar-refractivity contribution in [2.24, 2.45) is 0 Å². The smallest absolute Gasteiger partial charge is 0.171 e. The van der Waals surface area contributed by atoms with E-state index in [1.54, 1.807) is 18.2 Å². The molecular weight excluding hydrogens is 213 g/mol. The first kappa shape index (κ1) is 12.6. The summed E-state index contributed by atoms with van der Waals surface area (Å²) >= 11 is 0. The van der Waals surface area contributed by atoms with Crippen LogP contribution in [0, 0.1) is 0 Å². The predicted molar refractivity (Wildman–Crippen MR) is 60.4 cm³/mol. The highest BCUT2D eigenvalue weighted by atomic mass is 19.4. The van der Waals surface area contributed by atoms with Gasteiger partial charge in [0.2, 0.25) is 0 Å². The first-order chi connectivity index (χ1) is 7.06. The van der Waals surface area contributed by atoms with E-state index in [-0.39, 0.29) is 7.43 Å². The van der Waals surface area contributed by atoms with Crippen molar-refractivity contribution in [2.75, 3.05) is 0 Å². The maximum Gasteiger partial charge on any atom is 0.393 e. The van der Waals surface area contributed by atoms with Gasteiger partial charge < -0.3 is 0 Å². The Kier molecular flexibility index (Phi) is 3.58. The molecule has 0 spiro atoms. The highest BCUT2D eigenvalue weighted by Gasteiger charge is 2.28. The van der Waals surface area contributed by atoms with Crippen molar-refractivity contribution in [1.29, 1.82) is 0 Å². The van der Waals surface area contributed by atoms with Gasteiger partial charge in [0.05, 0.1) is 6.42 Å². The van der Waals surface area contributed by atoms with E-state index in [4.69, 9.17) is 0 Å². The van der Waals surface area contributed by atoms with E-state index in [2.05, 4.69) is 0 Å². The van der Waals surface area contributed by atoms with Crippen LogP contribution in [0.3, 0.4) is 0 Å². The quantitative estimate of drug-likeness (QED) is 0.667. The Bertz CT molecular complexity index is 467. The third-order valence-corrected chi connectivity index (χ3v) is 2.27. The molecule has 0 unspecified atom stereocenters. The van der Waals surface area contributed by atoms with Crippen LogP contribution in [0.5, 0.6) is 0 Å². The fraction of sp³-hybridized carbons (Fsp3) is 0.231. The number of hydrogen-bond acceptors (Lipinski definition) is 0. The molecule has 0 radical (unpaired) electrons. The van der Waals surface area contributed by atoms with Crippen LogP contribution in [-0.2, 0) is 6.42 Å². The topological polar surface area (TPSA) is 0 Å². The number of alkyl halides is 3. The Morgan fingerprint density at radius 2 is 1.50 bits per heavy atom. The van der Waals surface area contributed by atoms with Crippen molar-refractivity contribution in [3.05, 3.63) is 48.0 Å². The predicted octanol–water partition coefficient (Wildman–Crippen LogP) is 4.58. The summed E-state index contributed by atoms with van der Waals surface area (Å²) in [5.74, 6) is 0. The summed E-state index contributed by atoms with van der Waals surface area (Å²) in [7, 11) is 0. The molecule has 0 aliphatic carbocycles. The molecule has 0 fully saturated rings. The van der Waals surface area contributed by atoms with E-state index in [0.29, 0.717) is 10.9 Å². The van der Waals surface area contributed by atoms with Crippen LogP contribution in [0.4, 0.5) is 13.2 Å². The highest BCUT2D eigenvalue weighted by Crippen LogP contribution is 2.26. The van der Waals surface area contributed by atoms with Crippen LogP contribution < -0.4 is 0 Å². The maximum absolute atomic E-state index is 12.3. The summed E-state index contributed by atoms with van der Waals surface area (Å²) in [4.78, 5) is 0. The second kappa shape index (κ2) is 4.56. The summed E-state index contributed by atoms with van der Waals surface area (Å²) in [5.41, 5.74) is 0.334. The van der Waals surface area contributed by atoms with Gasteiger partial charge in [-0.1, -0.05) is 49.9 Å². The maximum atomic E-state index is 12.3. The number of rotatable bonds is 1. The van der Waals surface area contributed by atoms with Gasteiger partial charge >= 0.3 is 6.18 Å². The van der Waals surface area contributed by atoms with Crippen LogP contribution >= 0.6 is 0 Å². The number of hydrogen-bond donors (Lipinski definition) is 0. The van der Waals surface area contributed by atoms with Crippen LogP contribution in [0.1, 0.15) is 13.0 Å². The van der Waals surface area contributed by atoms with Crippen LogP contribution in [0.15, 0.2) is 42.5 Å². The van der Waals surface area contributed by atoms with Gasteiger partial charge in [-0.15, -0.1) is 0 Å². The molecule has 0 nitrogen and oxygen atoms in total. The number of halogens is 3. The molecule has 0 aliphatic rings. The minimum absolute atomic E-state index is 0. The third kappa shape index (κ3) is 2.75. The molecule has 86 valence electrons. The Morgan fingerprint density at radius 1 is 0.875 bits per heavy atom. The molecule has 3 heteroatoms. The van der Waals surface area contributed by atoms with Crippen molar-refractivity contribution < 1.29 is 13.2 Å². The van der Waals surface area contributed by atoms with Gasteiger partial charge in [-0.3, -0.25) is 0 Å².